The molecule has 3 saturated heterocycles. The van der Waals surface area contributed by atoms with Crippen LogP contribution in [0.2, 0.25) is 0 Å². The fraction of sp³-hybridized carbons (Fsp3) is 0.476. The van der Waals surface area contributed by atoms with Crippen molar-refractivity contribution < 1.29 is 50.6 Å². The summed E-state index contributed by atoms with van der Waals surface area (Å²) in [6.45, 7) is -10.3. The minimum absolute atomic E-state index is 0.0336. The Kier molecular flexibility index (Phi) is 7.84. The van der Waals surface area contributed by atoms with Crippen LogP contribution in [-0.4, -0.2) is 89.1 Å². The molecule has 18 nitrogen and oxygen atoms in total. The topological polar surface area (TPSA) is 230 Å². The van der Waals surface area contributed by atoms with Gasteiger partial charge in [-0.1, -0.05) is 24.5 Å². The number of anilines is 1. The molecule has 24 heteroatoms. The van der Waals surface area contributed by atoms with Gasteiger partial charge in [0.15, 0.2) is 41.6 Å². The number of nitrogens with zero attached hydrogens (tertiary/aromatic N) is 6. The molecule has 10 atom stereocenters. The van der Waals surface area contributed by atoms with E-state index < -0.39 is 92.7 Å². The summed E-state index contributed by atoms with van der Waals surface area (Å²) in [4.78, 5) is 30.5. The molecule has 0 saturated carbocycles. The van der Waals surface area contributed by atoms with E-state index in [0.717, 1.165) is 23.4 Å². The lowest BCUT2D eigenvalue weighted by Crippen LogP contribution is -2.35. The van der Waals surface area contributed by atoms with Crippen LogP contribution in [0, 0.1) is 5.82 Å². The van der Waals surface area contributed by atoms with Crippen LogP contribution in [0.25, 0.3) is 22.2 Å². The van der Waals surface area contributed by atoms with Gasteiger partial charge in [-0.2, -0.15) is 0 Å². The molecule has 4 aromatic rings. The lowest BCUT2D eigenvalue weighted by Gasteiger charge is -2.26. The third-order valence-electron chi connectivity index (χ3n) is 7.40. The number of nitrogens with one attached hydrogen (secondary N) is 1. The lowest BCUT2D eigenvalue weighted by molar-refractivity contribution is -0.0568. The van der Waals surface area contributed by atoms with E-state index in [1.807, 2.05) is 0 Å². The molecule has 0 radical (unpaired) electrons. The number of aliphatic hydroxyl groups is 1. The number of fused-ring (bicyclic) bond motifs is 5. The molecule has 0 amide bonds. The molecule has 7 rings (SSSR count). The van der Waals surface area contributed by atoms with Gasteiger partial charge in [0.1, 0.15) is 47.8 Å². The Labute approximate surface area is 259 Å². The number of nitrogens with two attached hydrogens (primary N) is 1. The number of imidazole rings is 1. The van der Waals surface area contributed by atoms with Crippen LogP contribution in [0.3, 0.4) is 0 Å². The molecule has 2 bridgehead atoms. The molecule has 7 heterocycles. The molecule has 45 heavy (non-hydrogen) atoms. The van der Waals surface area contributed by atoms with Gasteiger partial charge in [-0.3, -0.25) is 27.5 Å². The van der Waals surface area contributed by atoms with E-state index >= 15 is 4.39 Å². The van der Waals surface area contributed by atoms with E-state index in [1.165, 1.54) is 10.9 Å². The summed E-state index contributed by atoms with van der Waals surface area (Å²) in [5.41, 5.74) is 5.14. The van der Waals surface area contributed by atoms with Gasteiger partial charge in [-0.05, 0) is 0 Å². The SMILES string of the molecule is Nc1ncnc2c1ncn2[C@@H]1O[C@@H]2COP(=O)(S)O[C@@H]3[C@H](O)[C@@H](CO[P@@](=O)(S)O[C@H]2[C@H]1F)O[C@H]3n1cc(F)c2c(=O)[nH]cnc21. The van der Waals surface area contributed by atoms with E-state index in [0.29, 0.717) is 0 Å². The van der Waals surface area contributed by atoms with Gasteiger partial charge in [-0.25, -0.2) is 37.8 Å². The molecule has 4 aromatic heterocycles. The number of aromatic amines is 1. The van der Waals surface area contributed by atoms with Gasteiger partial charge in [-0.15, -0.1) is 0 Å². The van der Waals surface area contributed by atoms with Gasteiger partial charge >= 0.3 is 13.6 Å². The van der Waals surface area contributed by atoms with Crippen molar-refractivity contribution in [3.8, 4) is 0 Å². The molecule has 0 aromatic carbocycles. The number of thiol groups is 2. The molecule has 3 fully saturated rings. The van der Waals surface area contributed by atoms with Crippen molar-refractivity contribution in [2.24, 2.45) is 0 Å². The maximum atomic E-state index is 16.0. The molecule has 4 N–H and O–H groups in total. The van der Waals surface area contributed by atoms with E-state index in [2.05, 4.69) is 49.4 Å². The first-order valence-electron chi connectivity index (χ1n) is 12.9. The Hall–Kier alpha value is -2.49. The Morgan fingerprint density at radius 3 is 2.42 bits per heavy atom. The van der Waals surface area contributed by atoms with Crippen molar-refractivity contribution in [2.75, 3.05) is 18.9 Å². The minimum Gasteiger partial charge on any atom is -0.387 e. The second-order valence-corrected chi connectivity index (χ2v) is 15.9. The second-order valence-electron chi connectivity index (χ2n) is 10.1. The quantitative estimate of drug-likeness (QED) is 0.147. The van der Waals surface area contributed by atoms with Gasteiger partial charge in [0.2, 0.25) is 0 Å². The van der Waals surface area contributed by atoms with Gasteiger partial charge < -0.3 is 29.9 Å². The predicted molar refractivity (Wildman–Crippen MR) is 154 cm³/mol. The summed E-state index contributed by atoms with van der Waals surface area (Å²) in [6, 6.07) is 0. The summed E-state index contributed by atoms with van der Waals surface area (Å²) >= 11 is 7.98. The molecular weight excluding hydrogens is 688 g/mol. The molecule has 3 aliphatic rings. The number of H-pyrrole nitrogens is 1. The number of nitrogen functional groups attached to an aromatic ring is 1. The molecule has 1 unspecified atom stereocenters. The minimum atomic E-state index is -4.47. The van der Waals surface area contributed by atoms with Crippen LogP contribution in [0.4, 0.5) is 14.6 Å². The molecule has 3 aliphatic heterocycles. The average molecular weight is 711 g/mol. The van der Waals surface area contributed by atoms with Crippen molar-refractivity contribution in [2.45, 2.75) is 49.1 Å². The van der Waals surface area contributed by atoms with Crippen molar-refractivity contribution in [1.29, 1.82) is 0 Å². The predicted octanol–water partition coefficient (Wildman–Crippen LogP) is 1.67. The maximum absolute atomic E-state index is 16.0. The van der Waals surface area contributed by atoms with Gasteiger partial charge in [0.25, 0.3) is 5.56 Å². The first-order valence-corrected chi connectivity index (χ1v) is 18.3. The molecule has 242 valence electrons. The van der Waals surface area contributed by atoms with Crippen LogP contribution in [0.15, 0.2) is 30.0 Å². The summed E-state index contributed by atoms with van der Waals surface area (Å²) in [7, 11) is 0. The number of alkyl halides is 1. The Bertz CT molecular complexity index is 1950. The number of ether oxygens (including phenoxy) is 2. The summed E-state index contributed by atoms with van der Waals surface area (Å²) in [5, 5.41) is 10.7. The summed E-state index contributed by atoms with van der Waals surface area (Å²) < 4.78 is 93.3. The number of hydrogen-bond acceptors (Lipinski definition) is 15. The zero-order chi connectivity index (χ0) is 31.8. The fourth-order valence-electron chi connectivity index (χ4n) is 5.37. The third kappa shape index (κ3) is 5.50. The zero-order valence-corrected chi connectivity index (χ0v) is 25.8. The highest BCUT2D eigenvalue weighted by atomic mass is 32.7. The molecular formula is C21H22F2N8O10P2S2. The van der Waals surface area contributed by atoms with Gasteiger partial charge in [0.05, 0.1) is 25.9 Å². The standard InChI is InChI=1S/C21H22F2N8O10P2S2/c22-7-1-30(17-10(7)19(33)28-5-26-17)21-15-13(32)8(38-21)2-36-42(34,44)40-14-9(3-37-43(35,45)41-15)39-20(11(14)23)31-6-29-12-16(24)25-4-27-18(12)31/h1,4-6,8-9,11,13-15,20-21,32H,2-3H2,(H,34,44)(H,35,45)(H2,24,25,27)(H,26,28,33)/t8-,9-,11-,13-,14-,15-,20-,21-,42-,43?/m1/s1. The molecule has 0 aliphatic carbocycles. The van der Waals surface area contributed by atoms with E-state index in [4.69, 9.17) is 33.3 Å². The fourth-order valence-corrected chi connectivity index (χ4v) is 8.32. The normalized spacial score (nSPS) is 37.7. The summed E-state index contributed by atoms with van der Waals surface area (Å²) in [6.07, 6.45) is -8.46. The number of halogens is 2. The van der Waals surface area contributed by atoms with Crippen LogP contribution < -0.4 is 11.3 Å². The number of hydrogen-bond donors (Lipinski definition) is 5. The first-order chi connectivity index (χ1) is 21.3. The van der Waals surface area contributed by atoms with E-state index in [9.17, 15) is 23.4 Å². The Balaban J connectivity index is 1.21. The van der Waals surface area contributed by atoms with Crippen LogP contribution >= 0.6 is 38.1 Å². The number of rotatable bonds is 2. The summed E-state index contributed by atoms with van der Waals surface area (Å²) in [5.74, 6) is -0.935. The third-order valence-corrected chi connectivity index (χ3v) is 10.6. The van der Waals surface area contributed by atoms with Crippen LogP contribution in [0.5, 0.6) is 0 Å². The maximum Gasteiger partial charge on any atom is 0.386 e. The lowest BCUT2D eigenvalue weighted by atomic mass is 10.1. The van der Waals surface area contributed by atoms with Crippen molar-refractivity contribution in [1.82, 2.24) is 34.1 Å². The highest BCUT2D eigenvalue weighted by Crippen LogP contribution is 2.60. The zero-order valence-electron chi connectivity index (χ0n) is 22.3. The Morgan fingerprint density at radius 2 is 1.67 bits per heavy atom. The largest absolute Gasteiger partial charge is 0.387 e. The second kappa shape index (κ2) is 11.3. The smallest absolute Gasteiger partial charge is 0.386 e. The number of aliphatic hydroxyl groups excluding tert-OH is 1. The monoisotopic (exact) mass is 710 g/mol. The van der Waals surface area contributed by atoms with Gasteiger partial charge in [0, 0.05) is 6.20 Å². The van der Waals surface area contributed by atoms with Crippen molar-refractivity contribution in [3.05, 3.63) is 41.3 Å². The highest BCUT2D eigenvalue weighted by molar-refractivity contribution is 8.44. The van der Waals surface area contributed by atoms with Crippen molar-refractivity contribution >= 4 is 66.1 Å². The Morgan fingerprint density at radius 1 is 0.978 bits per heavy atom. The average Bonchev–Trinajstić information content (AvgIpc) is 3.71. The van der Waals surface area contributed by atoms with Crippen molar-refractivity contribution in [3.63, 3.8) is 0 Å². The number of aromatic nitrogens is 7. The highest BCUT2D eigenvalue weighted by Gasteiger charge is 2.54. The van der Waals surface area contributed by atoms with Crippen LogP contribution in [-0.2, 0) is 36.7 Å². The van der Waals surface area contributed by atoms with E-state index in [1.54, 1.807) is 0 Å². The first kappa shape index (κ1) is 31.1. The van der Waals surface area contributed by atoms with E-state index in [-0.39, 0.29) is 22.6 Å². The van der Waals surface area contributed by atoms with Crippen LogP contribution in [0.1, 0.15) is 12.5 Å². The molecule has 0 spiro atoms.